The van der Waals surface area contributed by atoms with Crippen LogP contribution in [0.4, 0.5) is 17.3 Å². The fourth-order valence-electron chi connectivity index (χ4n) is 2.66. The largest absolute Gasteiger partial charge is 0.352 e. The Balaban J connectivity index is 1.79. The maximum Gasteiger partial charge on any atom is 0.314 e. The van der Waals surface area contributed by atoms with Crippen LogP contribution in [-0.2, 0) is 0 Å². The van der Waals surface area contributed by atoms with Gasteiger partial charge >= 0.3 is 5.69 Å². The Morgan fingerprint density at radius 3 is 2.43 bits per heavy atom. The van der Waals surface area contributed by atoms with Crippen LogP contribution < -0.4 is 9.80 Å². The zero-order valence-corrected chi connectivity index (χ0v) is 13.3. The number of hydrogen-bond acceptors (Lipinski definition) is 7. The van der Waals surface area contributed by atoms with E-state index in [1.54, 1.807) is 25.4 Å². The second-order valence-corrected chi connectivity index (χ2v) is 5.63. The van der Waals surface area contributed by atoms with Crippen molar-refractivity contribution in [2.24, 2.45) is 0 Å². The van der Waals surface area contributed by atoms with Gasteiger partial charge in [0.15, 0.2) is 5.82 Å². The fraction of sp³-hybridized carbons (Fsp3) is 0.357. The number of nitrogens with zero attached hydrogens (tertiary/aromatic N) is 6. The van der Waals surface area contributed by atoms with E-state index in [1.807, 2.05) is 9.80 Å². The summed E-state index contributed by atoms with van der Waals surface area (Å²) in [6.07, 6.45) is 4.62. The van der Waals surface area contributed by atoms with Gasteiger partial charge in [0, 0.05) is 37.9 Å². The summed E-state index contributed by atoms with van der Waals surface area (Å²) in [7, 11) is 0. The van der Waals surface area contributed by atoms with E-state index in [-0.39, 0.29) is 10.6 Å². The van der Waals surface area contributed by atoms with Crippen molar-refractivity contribution in [3.8, 4) is 0 Å². The van der Waals surface area contributed by atoms with Crippen molar-refractivity contribution in [1.82, 2.24) is 15.0 Å². The third-order valence-electron chi connectivity index (χ3n) is 3.82. The molecule has 0 aliphatic carbocycles. The van der Waals surface area contributed by atoms with Crippen LogP contribution in [0.1, 0.15) is 5.56 Å². The van der Waals surface area contributed by atoms with E-state index in [9.17, 15) is 10.1 Å². The average molecular weight is 335 g/mol. The summed E-state index contributed by atoms with van der Waals surface area (Å²) in [4.78, 5) is 27.2. The molecular weight excluding hydrogens is 320 g/mol. The monoisotopic (exact) mass is 334 g/mol. The Labute approximate surface area is 137 Å². The Morgan fingerprint density at radius 1 is 1.17 bits per heavy atom. The number of pyridine rings is 1. The Bertz CT molecular complexity index is 733. The molecule has 3 rings (SSSR count). The van der Waals surface area contributed by atoms with Crippen LogP contribution >= 0.6 is 11.6 Å². The number of nitro groups is 1. The molecule has 1 fully saturated rings. The molecular formula is C14H15ClN6O2. The Hall–Kier alpha value is -2.48. The van der Waals surface area contributed by atoms with E-state index in [4.69, 9.17) is 11.6 Å². The number of halogens is 1. The number of anilines is 2. The lowest BCUT2D eigenvalue weighted by Crippen LogP contribution is -2.47. The minimum Gasteiger partial charge on any atom is -0.352 e. The number of piperazine rings is 1. The van der Waals surface area contributed by atoms with Gasteiger partial charge in [0.2, 0.25) is 5.82 Å². The van der Waals surface area contributed by atoms with E-state index < -0.39 is 0 Å². The van der Waals surface area contributed by atoms with Gasteiger partial charge in [-0.05, 0) is 13.0 Å². The molecule has 3 heterocycles. The highest BCUT2D eigenvalue weighted by atomic mass is 35.5. The van der Waals surface area contributed by atoms with Gasteiger partial charge in [-0.3, -0.25) is 10.1 Å². The molecule has 2 aromatic rings. The molecule has 1 aliphatic heterocycles. The van der Waals surface area contributed by atoms with Crippen LogP contribution in [0.2, 0.25) is 5.02 Å². The highest BCUT2D eigenvalue weighted by molar-refractivity contribution is 6.32. The SMILES string of the molecule is Cc1ccnc(N2CCN(c3ncncc3Cl)CC2)c1[N+](=O)[O-]. The molecule has 0 saturated carbocycles. The molecule has 0 N–H and O–H groups in total. The summed E-state index contributed by atoms with van der Waals surface area (Å²) in [5.41, 5.74) is 0.683. The van der Waals surface area contributed by atoms with Crippen molar-refractivity contribution in [3.05, 3.63) is 45.5 Å². The van der Waals surface area contributed by atoms with Gasteiger partial charge in [-0.2, -0.15) is 0 Å². The van der Waals surface area contributed by atoms with Gasteiger partial charge in [0.25, 0.3) is 0 Å². The molecule has 2 aromatic heterocycles. The molecule has 0 bridgehead atoms. The molecule has 0 aromatic carbocycles. The second kappa shape index (κ2) is 6.33. The number of aryl methyl sites for hydroxylation is 1. The van der Waals surface area contributed by atoms with E-state index in [0.29, 0.717) is 48.4 Å². The van der Waals surface area contributed by atoms with Crippen LogP contribution in [0.3, 0.4) is 0 Å². The molecule has 120 valence electrons. The molecule has 0 spiro atoms. The first kappa shape index (κ1) is 15.4. The van der Waals surface area contributed by atoms with Gasteiger partial charge < -0.3 is 9.80 Å². The lowest BCUT2D eigenvalue weighted by molar-refractivity contribution is -0.384. The predicted molar refractivity (Wildman–Crippen MR) is 87.1 cm³/mol. The third kappa shape index (κ3) is 3.02. The zero-order valence-electron chi connectivity index (χ0n) is 12.5. The molecule has 9 heteroatoms. The average Bonchev–Trinajstić information content (AvgIpc) is 2.55. The molecule has 1 saturated heterocycles. The van der Waals surface area contributed by atoms with Crippen molar-refractivity contribution < 1.29 is 4.92 Å². The van der Waals surface area contributed by atoms with E-state index in [2.05, 4.69) is 15.0 Å². The van der Waals surface area contributed by atoms with Gasteiger partial charge in [-0.1, -0.05) is 11.6 Å². The molecule has 0 amide bonds. The molecule has 0 unspecified atom stereocenters. The smallest absolute Gasteiger partial charge is 0.314 e. The Morgan fingerprint density at radius 2 is 1.83 bits per heavy atom. The normalized spacial score (nSPS) is 14.9. The van der Waals surface area contributed by atoms with Crippen LogP contribution in [-0.4, -0.2) is 46.1 Å². The van der Waals surface area contributed by atoms with Crippen molar-refractivity contribution in [1.29, 1.82) is 0 Å². The van der Waals surface area contributed by atoms with Gasteiger partial charge in [-0.25, -0.2) is 15.0 Å². The highest BCUT2D eigenvalue weighted by Gasteiger charge is 2.27. The summed E-state index contributed by atoms with van der Waals surface area (Å²) in [5, 5.41) is 11.8. The van der Waals surface area contributed by atoms with Crippen molar-refractivity contribution in [2.45, 2.75) is 6.92 Å². The first-order valence-electron chi connectivity index (χ1n) is 7.13. The highest BCUT2D eigenvalue weighted by Crippen LogP contribution is 2.30. The van der Waals surface area contributed by atoms with Crippen LogP contribution in [0.15, 0.2) is 24.8 Å². The molecule has 0 radical (unpaired) electrons. The maximum absolute atomic E-state index is 11.3. The molecule has 8 nitrogen and oxygen atoms in total. The van der Waals surface area contributed by atoms with Gasteiger partial charge in [0.1, 0.15) is 11.3 Å². The van der Waals surface area contributed by atoms with E-state index in [0.717, 1.165) is 0 Å². The van der Waals surface area contributed by atoms with E-state index >= 15 is 0 Å². The number of hydrogen-bond donors (Lipinski definition) is 0. The first-order valence-corrected chi connectivity index (χ1v) is 7.51. The van der Waals surface area contributed by atoms with Crippen LogP contribution in [0, 0.1) is 17.0 Å². The molecule has 1 aliphatic rings. The summed E-state index contributed by atoms with van der Waals surface area (Å²) >= 11 is 6.12. The van der Waals surface area contributed by atoms with Gasteiger partial charge in [-0.15, -0.1) is 0 Å². The summed E-state index contributed by atoms with van der Waals surface area (Å²) in [6.45, 7) is 4.25. The van der Waals surface area contributed by atoms with Crippen LogP contribution in [0.5, 0.6) is 0 Å². The first-order chi connectivity index (χ1) is 11.1. The van der Waals surface area contributed by atoms with Crippen molar-refractivity contribution >= 4 is 28.9 Å². The lowest BCUT2D eigenvalue weighted by atomic mass is 10.2. The fourth-order valence-corrected chi connectivity index (χ4v) is 2.89. The minimum atomic E-state index is -0.370. The van der Waals surface area contributed by atoms with Crippen LogP contribution in [0.25, 0.3) is 0 Å². The topological polar surface area (TPSA) is 88.3 Å². The summed E-state index contributed by atoms with van der Waals surface area (Å²) in [6, 6.07) is 1.65. The van der Waals surface area contributed by atoms with Crippen molar-refractivity contribution in [2.75, 3.05) is 36.0 Å². The molecule has 23 heavy (non-hydrogen) atoms. The molecule has 0 atom stereocenters. The quantitative estimate of drug-likeness (QED) is 0.627. The maximum atomic E-state index is 11.3. The number of rotatable bonds is 3. The Kier molecular flexibility index (Phi) is 4.24. The zero-order chi connectivity index (χ0) is 16.4. The number of aromatic nitrogens is 3. The minimum absolute atomic E-state index is 0.0704. The standard InChI is InChI=1S/C14H15ClN6O2/c1-10-2-3-17-14(12(10)21(22)23)20-6-4-19(5-7-20)13-11(15)8-16-9-18-13/h2-3,8-9H,4-7H2,1H3. The summed E-state index contributed by atoms with van der Waals surface area (Å²) < 4.78 is 0. The third-order valence-corrected chi connectivity index (χ3v) is 4.08. The van der Waals surface area contributed by atoms with Crippen molar-refractivity contribution in [3.63, 3.8) is 0 Å². The van der Waals surface area contributed by atoms with E-state index in [1.165, 1.54) is 6.33 Å². The lowest BCUT2D eigenvalue weighted by Gasteiger charge is -2.36. The van der Waals surface area contributed by atoms with Gasteiger partial charge in [0.05, 0.1) is 11.1 Å². The second-order valence-electron chi connectivity index (χ2n) is 5.23. The predicted octanol–water partition coefficient (Wildman–Crippen LogP) is 2.07. The summed E-state index contributed by atoms with van der Waals surface area (Å²) in [5.74, 6) is 1.11.